The number of rotatable bonds is 4. The number of carbonyl (C=O) groups is 2. The molecule has 9 nitrogen and oxygen atoms in total. The molecule has 2 fully saturated rings. The predicted octanol–water partition coefficient (Wildman–Crippen LogP) is 3.74. The maximum absolute atomic E-state index is 13.2. The number of nitrogens with one attached hydrogen (secondary N) is 1. The molecule has 1 aliphatic carbocycles. The molecule has 9 heteroatoms. The molecule has 1 atom stereocenters. The molecule has 3 heterocycles. The molecular weight excluding hydrogens is 446 g/mol. The van der Waals surface area contributed by atoms with E-state index in [0.717, 1.165) is 25.7 Å². The molecular formula is C26H31N5O4. The lowest BCUT2D eigenvalue weighted by molar-refractivity contribution is 0.0599. The van der Waals surface area contributed by atoms with Gasteiger partial charge in [-0.1, -0.05) is 19.3 Å². The van der Waals surface area contributed by atoms with E-state index in [1.165, 1.54) is 26.4 Å². The molecule has 1 aromatic carbocycles. The van der Waals surface area contributed by atoms with Crippen molar-refractivity contribution in [2.75, 3.05) is 20.2 Å². The van der Waals surface area contributed by atoms with Crippen molar-refractivity contribution < 1.29 is 14.3 Å². The molecule has 1 amide bonds. The van der Waals surface area contributed by atoms with Crippen LogP contribution in [0.25, 0.3) is 11.0 Å². The molecule has 0 radical (unpaired) electrons. The van der Waals surface area contributed by atoms with E-state index in [1.54, 1.807) is 29.2 Å². The number of aromatic nitrogens is 4. The molecule has 1 N–H and O–H groups in total. The van der Waals surface area contributed by atoms with Crippen molar-refractivity contribution in [2.24, 2.45) is 0 Å². The first kappa shape index (κ1) is 23.3. The Labute approximate surface area is 203 Å². The van der Waals surface area contributed by atoms with Gasteiger partial charge in [0.2, 0.25) is 0 Å². The first-order chi connectivity index (χ1) is 17.0. The van der Waals surface area contributed by atoms with Gasteiger partial charge in [0.25, 0.3) is 11.5 Å². The zero-order chi connectivity index (χ0) is 24.5. The van der Waals surface area contributed by atoms with Gasteiger partial charge in [-0.15, -0.1) is 0 Å². The van der Waals surface area contributed by atoms with E-state index in [-0.39, 0.29) is 23.4 Å². The smallest absolute Gasteiger partial charge is 0.337 e. The third-order valence-electron chi connectivity index (χ3n) is 7.32. The zero-order valence-electron chi connectivity index (χ0n) is 20.2. The first-order valence-electron chi connectivity index (χ1n) is 12.4. The Bertz CT molecular complexity index is 1300. The highest BCUT2D eigenvalue weighted by Gasteiger charge is 2.29. The third-order valence-corrected chi connectivity index (χ3v) is 7.32. The van der Waals surface area contributed by atoms with E-state index < -0.39 is 5.97 Å². The topological polar surface area (TPSA) is 110 Å². The molecule has 1 aliphatic heterocycles. The van der Waals surface area contributed by atoms with Crippen molar-refractivity contribution in [1.29, 1.82) is 0 Å². The van der Waals surface area contributed by atoms with Crippen molar-refractivity contribution >= 4 is 22.9 Å². The van der Waals surface area contributed by atoms with Gasteiger partial charge in [-0.05, 0) is 56.9 Å². The SMILES string of the molecule is COC(=O)c1ccc(C(=O)N2CCCC(c3nc4c(c(C)nn4C4CCCCC4)c(=O)[nH]3)C2)cc1. The lowest BCUT2D eigenvalue weighted by atomic mass is 9.95. The fourth-order valence-corrected chi connectivity index (χ4v) is 5.44. The number of fused-ring (bicyclic) bond motifs is 1. The minimum absolute atomic E-state index is 0.0610. The van der Waals surface area contributed by atoms with Gasteiger partial charge in [-0.2, -0.15) is 5.10 Å². The average Bonchev–Trinajstić information content (AvgIpc) is 3.25. The number of methoxy groups -OCH3 is 1. The summed E-state index contributed by atoms with van der Waals surface area (Å²) in [6.07, 6.45) is 7.35. The first-order valence-corrected chi connectivity index (χ1v) is 12.4. The normalized spacial score (nSPS) is 19.1. The van der Waals surface area contributed by atoms with E-state index in [1.807, 2.05) is 11.6 Å². The molecule has 1 saturated carbocycles. The summed E-state index contributed by atoms with van der Waals surface area (Å²) in [6, 6.07) is 6.77. The van der Waals surface area contributed by atoms with Gasteiger partial charge in [0.05, 0.1) is 24.4 Å². The van der Waals surface area contributed by atoms with Crippen LogP contribution in [0.1, 0.15) is 89.1 Å². The van der Waals surface area contributed by atoms with E-state index in [9.17, 15) is 14.4 Å². The van der Waals surface area contributed by atoms with Gasteiger partial charge in [0, 0.05) is 24.6 Å². The average molecular weight is 478 g/mol. The van der Waals surface area contributed by atoms with Crippen molar-refractivity contribution in [3.63, 3.8) is 0 Å². The second-order valence-electron chi connectivity index (χ2n) is 9.63. The lowest BCUT2D eigenvalue weighted by Gasteiger charge is -2.32. The number of aromatic amines is 1. The lowest BCUT2D eigenvalue weighted by Crippen LogP contribution is -2.40. The maximum atomic E-state index is 13.2. The fourth-order valence-electron chi connectivity index (χ4n) is 5.44. The summed E-state index contributed by atoms with van der Waals surface area (Å²) in [7, 11) is 1.33. The summed E-state index contributed by atoms with van der Waals surface area (Å²) in [6.45, 7) is 2.98. The van der Waals surface area contributed by atoms with Crippen molar-refractivity contribution in [3.8, 4) is 0 Å². The van der Waals surface area contributed by atoms with Crippen LogP contribution in [-0.2, 0) is 4.74 Å². The Morgan fingerprint density at radius 3 is 2.46 bits per heavy atom. The van der Waals surface area contributed by atoms with Crippen LogP contribution in [0.15, 0.2) is 29.1 Å². The minimum Gasteiger partial charge on any atom is -0.465 e. The Hall–Kier alpha value is -3.49. The van der Waals surface area contributed by atoms with Gasteiger partial charge in [0.15, 0.2) is 5.65 Å². The van der Waals surface area contributed by atoms with Crippen LogP contribution in [0.2, 0.25) is 0 Å². The van der Waals surface area contributed by atoms with E-state index >= 15 is 0 Å². The molecule has 2 aliphatic rings. The van der Waals surface area contributed by atoms with Gasteiger partial charge >= 0.3 is 5.97 Å². The largest absolute Gasteiger partial charge is 0.465 e. The standard InChI is InChI=1S/C26H31N5O4/c1-16-21-23(31(29-16)20-8-4-3-5-9-20)27-22(28-24(21)32)19-7-6-14-30(15-19)25(33)17-10-12-18(13-11-17)26(34)35-2/h10-13,19-20H,3-9,14-15H2,1-2H3,(H,27,28,32). The van der Waals surface area contributed by atoms with Gasteiger partial charge in [0.1, 0.15) is 11.2 Å². The van der Waals surface area contributed by atoms with Crippen LogP contribution in [0.4, 0.5) is 0 Å². The number of hydrogen-bond donors (Lipinski definition) is 1. The number of benzene rings is 1. The molecule has 5 rings (SSSR count). The maximum Gasteiger partial charge on any atom is 0.337 e. The predicted molar refractivity (Wildman–Crippen MR) is 131 cm³/mol. The summed E-state index contributed by atoms with van der Waals surface area (Å²) < 4.78 is 6.70. The molecule has 3 aromatic rings. The van der Waals surface area contributed by atoms with E-state index in [2.05, 4.69) is 4.98 Å². The summed E-state index contributed by atoms with van der Waals surface area (Å²) >= 11 is 0. The Balaban J connectivity index is 1.40. The van der Waals surface area contributed by atoms with Crippen LogP contribution in [0.3, 0.4) is 0 Å². The fraction of sp³-hybridized carbons (Fsp3) is 0.500. The number of piperidine rings is 1. The highest BCUT2D eigenvalue weighted by Crippen LogP contribution is 2.31. The molecule has 184 valence electrons. The van der Waals surface area contributed by atoms with Gasteiger partial charge in [-0.3, -0.25) is 9.59 Å². The molecule has 1 saturated heterocycles. The molecule has 2 aromatic heterocycles. The van der Waals surface area contributed by atoms with Crippen LogP contribution in [-0.4, -0.2) is 56.7 Å². The molecule has 0 spiro atoms. The number of nitrogens with zero attached hydrogens (tertiary/aromatic N) is 4. The number of aryl methyl sites for hydroxylation is 1. The Morgan fingerprint density at radius 1 is 1.03 bits per heavy atom. The Morgan fingerprint density at radius 2 is 1.74 bits per heavy atom. The second kappa shape index (κ2) is 9.64. The highest BCUT2D eigenvalue weighted by molar-refractivity contribution is 5.96. The number of carbonyl (C=O) groups excluding carboxylic acids is 2. The number of hydrogen-bond acceptors (Lipinski definition) is 6. The van der Waals surface area contributed by atoms with E-state index in [0.29, 0.717) is 46.8 Å². The van der Waals surface area contributed by atoms with Crippen LogP contribution in [0, 0.1) is 6.92 Å². The highest BCUT2D eigenvalue weighted by atomic mass is 16.5. The number of amides is 1. The second-order valence-corrected chi connectivity index (χ2v) is 9.63. The van der Waals surface area contributed by atoms with Gasteiger partial charge in [-0.25, -0.2) is 14.5 Å². The third kappa shape index (κ3) is 4.47. The number of H-pyrrole nitrogens is 1. The summed E-state index contributed by atoms with van der Waals surface area (Å²) in [5, 5.41) is 5.27. The van der Waals surface area contributed by atoms with Crippen LogP contribution in [0.5, 0.6) is 0 Å². The Kier molecular flexibility index (Phi) is 6.40. The quantitative estimate of drug-likeness (QED) is 0.573. The van der Waals surface area contributed by atoms with E-state index in [4.69, 9.17) is 14.8 Å². The number of likely N-dealkylation sites (tertiary alicyclic amines) is 1. The molecule has 1 unspecified atom stereocenters. The van der Waals surface area contributed by atoms with Crippen molar-refractivity contribution in [1.82, 2.24) is 24.6 Å². The van der Waals surface area contributed by atoms with Gasteiger partial charge < -0.3 is 14.6 Å². The summed E-state index contributed by atoms with van der Waals surface area (Å²) in [5.41, 5.74) is 2.13. The van der Waals surface area contributed by atoms with Crippen molar-refractivity contribution in [3.05, 3.63) is 57.3 Å². The number of esters is 1. The molecule has 0 bridgehead atoms. The summed E-state index contributed by atoms with van der Waals surface area (Å²) in [5.74, 6) is 0.0277. The zero-order valence-corrected chi connectivity index (χ0v) is 20.2. The molecule has 35 heavy (non-hydrogen) atoms. The minimum atomic E-state index is -0.435. The van der Waals surface area contributed by atoms with Crippen LogP contribution < -0.4 is 5.56 Å². The number of ether oxygens (including phenoxy) is 1. The summed E-state index contributed by atoms with van der Waals surface area (Å²) in [4.78, 5) is 47.6. The van der Waals surface area contributed by atoms with Crippen molar-refractivity contribution in [2.45, 2.75) is 63.8 Å². The monoisotopic (exact) mass is 477 g/mol. The van der Waals surface area contributed by atoms with Crippen LogP contribution >= 0.6 is 0 Å².